The van der Waals surface area contributed by atoms with E-state index >= 15 is 0 Å². The van der Waals surface area contributed by atoms with Gasteiger partial charge in [-0.2, -0.15) is 0 Å². The van der Waals surface area contributed by atoms with Gasteiger partial charge in [-0.1, -0.05) is 0 Å². The number of rotatable bonds is 4. The number of Topliss-reactive ketones (excluding diaryl/α,β-unsaturated/α-hetero) is 1. The molecule has 7 nitrogen and oxygen atoms in total. The van der Waals surface area contributed by atoms with Crippen LogP contribution in [0.15, 0.2) is 36.1 Å². The summed E-state index contributed by atoms with van der Waals surface area (Å²) < 4.78 is 21.7. The van der Waals surface area contributed by atoms with Crippen LogP contribution in [-0.2, 0) is 0 Å². The van der Waals surface area contributed by atoms with Crippen LogP contribution in [0.5, 0.6) is 23.0 Å². The SMILES string of the molecule is COc1ccc(/C=C2\Oc3c(ccc(OC(=O)N(C)C)c3C)C2=O)c(OC)c1. The van der Waals surface area contributed by atoms with Crippen molar-refractivity contribution >= 4 is 18.0 Å². The van der Waals surface area contributed by atoms with Crippen molar-refractivity contribution in [2.24, 2.45) is 0 Å². The minimum absolute atomic E-state index is 0.164. The van der Waals surface area contributed by atoms with Crippen LogP contribution >= 0.6 is 0 Å². The average Bonchev–Trinajstić information content (AvgIpc) is 3.00. The third-order valence-corrected chi connectivity index (χ3v) is 4.33. The predicted octanol–water partition coefficient (Wildman–Crippen LogP) is 3.69. The second kappa shape index (κ2) is 7.64. The Morgan fingerprint density at radius 2 is 1.82 bits per heavy atom. The van der Waals surface area contributed by atoms with Gasteiger partial charge < -0.3 is 23.8 Å². The predicted molar refractivity (Wildman–Crippen MR) is 103 cm³/mol. The molecule has 1 aliphatic rings. The molecule has 28 heavy (non-hydrogen) atoms. The molecule has 2 aromatic rings. The van der Waals surface area contributed by atoms with Crippen molar-refractivity contribution in [3.63, 3.8) is 0 Å². The second-order valence-electron chi connectivity index (χ2n) is 6.38. The van der Waals surface area contributed by atoms with Crippen LogP contribution in [0.25, 0.3) is 6.08 Å². The Kier molecular flexibility index (Phi) is 5.26. The maximum atomic E-state index is 12.7. The molecule has 0 aliphatic carbocycles. The first-order valence-electron chi connectivity index (χ1n) is 8.54. The number of fused-ring (bicyclic) bond motifs is 1. The summed E-state index contributed by atoms with van der Waals surface area (Å²) in [6, 6.07) is 8.46. The first-order chi connectivity index (χ1) is 13.3. The highest BCUT2D eigenvalue weighted by Gasteiger charge is 2.31. The van der Waals surface area contributed by atoms with Crippen LogP contribution < -0.4 is 18.9 Å². The zero-order valence-corrected chi connectivity index (χ0v) is 16.4. The van der Waals surface area contributed by atoms with E-state index in [2.05, 4.69) is 0 Å². The Bertz CT molecular complexity index is 977. The van der Waals surface area contributed by atoms with Gasteiger partial charge in [0.25, 0.3) is 0 Å². The van der Waals surface area contributed by atoms with Crippen molar-refractivity contribution in [3.05, 3.63) is 52.8 Å². The highest BCUT2D eigenvalue weighted by Crippen LogP contribution is 2.40. The number of hydrogen-bond acceptors (Lipinski definition) is 6. The van der Waals surface area contributed by atoms with E-state index in [0.29, 0.717) is 39.7 Å². The summed E-state index contributed by atoms with van der Waals surface area (Å²) >= 11 is 0. The molecule has 0 unspecified atom stereocenters. The van der Waals surface area contributed by atoms with Crippen LogP contribution in [0.3, 0.4) is 0 Å². The lowest BCUT2D eigenvalue weighted by atomic mass is 10.1. The molecular weight excluding hydrogens is 362 g/mol. The fourth-order valence-corrected chi connectivity index (χ4v) is 2.74. The molecule has 0 fully saturated rings. The number of benzene rings is 2. The Morgan fingerprint density at radius 1 is 1.07 bits per heavy atom. The lowest BCUT2D eigenvalue weighted by molar-refractivity contribution is 0.101. The quantitative estimate of drug-likeness (QED) is 0.750. The third-order valence-electron chi connectivity index (χ3n) is 4.33. The lowest BCUT2D eigenvalue weighted by Gasteiger charge is -2.13. The number of carbonyl (C=O) groups excluding carboxylic acids is 2. The molecule has 7 heteroatoms. The minimum atomic E-state index is -0.508. The lowest BCUT2D eigenvalue weighted by Crippen LogP contribution is -2.25. The molecular formula is C21H21NO6. The van der Waals surface area contributed by atoms with Crippen molar-refractivity contribution in [3.8, 4) is 23.0 Å². The monoisotopic (exact) mass is 383 g/mol. The molecule has 0 aromatic heterocycles. The van der Waals surface area contributed by atoms with E-state index in [0.717, 1.165) is 0 Å². The van der Waals surface area contributed by atoms with Crippen LogP contribution in [0, 0.1) is 6.92 Å². The van der Waals surface area contributed by atoms with E-state index in [-0.39, 0.29) is 11.5 Å². The van der Waals surface area contributed by atoms with Crippen molar-refractivity contribution in [1.82, 2.24) is 4.90 Å². The zero-order valence-electron chi connectivity index (χ0n) is 16.4. The van der Waals surface area contributed by atoms with Crippen LogP contribution in [-0.4, -0.2) is 45.1 Å². The van der Waals surface area contributed by atoms with Crippen LogP contribution in [0.1, 0.15) is 21.5 Å². The molecule has 2 aromatic carbocycles. The Labute approximate surface area is 163 Å². The van der Waals surface area contributed by atoms with E-state index in [1.165, 1.54) is 4.90 Å². The molecule has 0 N–H and O–H groups in total. The number of nitrogens with zero attached hydrogens (tertiary/aromatic N) is 1. The number of allylic oxidation sites excluding steroid dienone is 1. The molecule has 1 heterocycles. The fourth-order valence-electron chi connectivity index (χ4n) is 2.74. The van der Waals surface area contributed by atoms with E-state index in [1.807, 2.05) is 0 Å². The second-order valence-corrected chi connectivity index (χ2v) is 6.38. The molecule has 0 spiro atoms. The van der Waals surface area contributed by atoms with E-state index in [4.69, 9.17) is 18.9 Å². The first kappa shape index (κ1) is 19.3. The first-order valence-corrected chi connectivity index (χ1v) is 8.54. The number of ether oxygens (including phenoxy) is 4. The normalized spacial score (nSPS) is 13.8. The minimum Gasteiger partial charge on any atom is -0.497 e. The molecule has 0 saturated carbocycles. The number of amides is 1. The number of ketones is 1. The summed E-state index contributed by atoms with van der Waals surface area (Å²) in [5.41, 5.74) is 1.67. The maximum Gasteiger partial charge on any atom is 0.414 e. The van der Waals surface area contributed by atoms with Gasteiger partial charge in [0.05, 0.1) is 19.8 Å². The topological polar surface area (TPSA) is 74.3 Å². The summed E-state index contributed by atoms with van der Waals surface area (Å²) in [5, 5.41) is 0. The Morgan fingerprint density at radius 3 is 2.46 bits per heavy atom. The number of methoxy groups -OCH3 is 2. The molecule has 0 bridgehead atoms. The zero-order chi connectivity index (χ0) is 20.4. The van der Waals surface area contributed by atoms with E-state index < -0.39 is 6.09 Å². The highest BCUT2D eigenvalue weighted by atomic mass is 16.6. The van der Waals surface area contributed by atoms with Gasteiger partial charge in [-0.15, -0.1) is 0 Å². The standard InChI is InChI=1S/C21H21NO6/c1-12-16(28-21(24)22(2)3)9-8-15-19(23)18(27-20(12)15)10-13-6-7-14(25-4)11-17(13)26-5/h6-11H,1-5H3/b18-10-. The van der Waals surface area contributed by atoms with Crippen molar-refractivity contribution < 1.29 is 28.5 Å². The Balaban J connectivity index is 1.95. The third kappa shape index (κ3) is 3.51. The summed E-state index contributed by atoms with van der Waals surface area (Å²) in [6.45, 7) is 1.74. The fraction of sp³-hybridized carbons (Fsp3) is 0.238. The van der Waals surface area contributed by atoms with Crippen molar-refractivity contribution in [2.45, 2.75) is 6.92 Å². The summed E-state index contributed by atoms with van der Waals surface area (Å²) in [7, 11) is 6.29. The number of hydrogen-bond donors (Lipinski definition) is 0. The molecule has 146 valence electrons. The molecule has 1 aliphatic heterocycles. The Hall–Kier alpha value is -3.48. The molecule has 0 radical (unpaired) electrons. The summed E-state index contributed by atoms with van der Waals surface area (Å²) in [5.74, 6) is 1.83. The summed E-state index contributed by atoms with van der Waals surface area (Å²) in [6.07, 6.45) is 1.11. The largest absolute Gasteiger partial charge is 0.497 e. The van der Waals surface area contributed by atoms with Gasteiger partial charge in [-0.25, -0.2) is 4.79 Å². The van der Waals surface area contributed by atoms with E-state index in [9.17, 15) is 9.59 Å². The van der Waals surface area contributed by atoms with Gasteiger partial charge in [0.15, 0.2) is 5.76 Å². The van der Waals surface area contributed by atoms with Gasteiger partial charge in [0, 0.05) is 31.3 Å². The number of carbonyl (C=O) groups is 2. The molecule has 0 saturated heterocycles. The van der Waals surface area contributed by atoms with Crippen LogP contribution in [0.4, 0.5) is 4.79 Å². The maximum absolute atomic E-state index is 12.7. The average molecular weight is 383 g/mol. The molecule has 0 atom stereocenters. The van der Waals surface area contributed by atoms with Crippen LogP contribution in [0.2, 0.25) is 0 Å². The summed E-state index contributed by atoms with van der Waals surface area (Å²) in [4.78, 5) is 25.9. The highest BCUT2D eigenvalue weighted by molar-refractivity contribution is 6.15. The van der Waals surface area contributed by atoms with Gasteiger partial charge in [-0.05, 0) is 37.3 Å². The van der Waals surface area contributed by atoms with Gasteiger partial charge in [0.2, 0.25) is 5.78 Å². The van der Waals surface area contributed by atoms with Gasteiger partial charge >= 0.3 is 6.09 Å². The van der Waals surface area contributed by atoms with Crippen molar-refractivity contribution in [1.29, 1.82) is 0 Å². The smallest absolute Gasteiger partial charge is 0.414 e. The van der Waals surface area contributed by atoms with E-state index in [1.54, 1.807) is 71.6 Å². The molecule has 1 amide bonds. The van der Waals surface area contributed by atoms with Crippen molar-refractivity contribution in [2.75, 3.05) is 28.3 Å². The molecule has 3 rings (SSSR count). The van der Waals surface area contributed by atoms with Gasteiger partial charge in [0.1, 0.15) is 23.0 Å². The van der Waals surface area contributed by atoms with Gasteiger partial charge in [-0.3, -0.25) is 4.79 Å².